The molecule has 0 radical (unpaired) electrons. The fourth-order valence-electron chi connectivity index (χ4n) is 2.50. The summed E-state index contributed by atoms with van der Waals surface area (Å²) in [6, 6.07) is 6.77. The van der Waals surface area contributed by atoms with Crippen molar-refractivity contribution in [2.75, 3.05) is 7.05 Å². The predicted molar refractivity (Wildman–Crippen MR) is 84.4 cm³/mol. The van der Waals surface area contributed by atoms with Gasteiger partial charge in [0.25, 0.3) is 5.91 Å². The van der Waals surface area contributed by atoms with Crippen LogP contribution in [-0.2, 0) is 4.79 Å². The zero-order valence-electron chi connectivity index (χ0n) is 13.5. The number of carbonyl (C=O) groups is 2. The van der Waals surface area contributed by atoms with Crippen LogP contribution >= 0.6 is 0 Å². The molecule has 0 saturated heterocycles. The molecule has 2 rings (SSSR count). The SMILES string of the molecule is Cc1cc(C(=O)N(C)C(C)C(=O)O)c(C)n1-c1ccc(F)cc1. The molecular formula is C17H19FN2O3. The van der Waals surface area contributed by atoms with E-state index in [1.165, 1.54) is 31.0 Å². The van der Waals surface area contributed by atoms with Gasteiger partial charge in [0.05, 0.1) is 5.56 Å². The van der Waals surface area contributed by atoms with Crippen LogP contribution in [0.1, 0.15) is 28.7 Å². The van der Waals surface area contributed by atoms with E-state index in [1.54, 1.807) is 25.1 Å². The van der Waals surface area contributed by atoms with E-state index >= 15 is 0 Å². The first kappa shape index (κ1) is 16.7. The lowest BCUT2D eigenvalue weighted by Crippen LogP contribution is -2.40. The Hall–Kier alpha value is -2.63. The summed E-state index contributed by atoms with van der Waals surface area (Å²) in [7, 11) is 1.46. The smallest absolute Gasteiger partial charge is 0.326 e. The molecule has 0 saturated carbocycles. The van der Waals surface area contributed by atoms with Crippen molar-refractivity contribution in [1.29, 1.82) is 0 Å². The first-order valence-corrected chi connectivity index (χ1v) is 7.19. The van der Waals surface area contributed by atoms with Crippen LogP contribution in [-0.4, -0.2) is 39.5 Å². The summed E-state index contributed by atoms with van der Waals surface area (Å²) in [4.78, 5) is 24.8. The van der Waals surface area contributed by atoms with E-state index < -0.39 is 12.0 Å². The molecular weight excluding hydrogens is 299 g/mol. The number of halogens is 1. The number of carboxylic acid groups (broad SMARTS) is 1. The Morgan fingerprint density at radius 1 is 1.22 bits per heavy atom. The maximum absolute atomic E-state index is 13.1. The lowest BCUT2D eigenvalue weighted by atomic mass is 10.2. The van der Waals surface area contributed by atoms with Gasteiger partial charge in [0.2, 0.25) is 0 Å². The van der Waals surface area contributed by atoms with Crippen molar-refractivity contribution in [2.24, 2.45) is 0 Å². The predicted octanol–water partition coefficient (Wildman–Crippen LogP) is 2.78. The summed E-state index contributed by atoms with van der Waals surface area (Å²) < 4.78 is 14.9. The second-order valence-electron chi connectivity index (χ2n) is 5.53. The average Bonchev–Trinajstić information content (AvgIpc) is 2.81. The monoisotopic (exact) mass is 318 g/mol. The van der Waals surface area contributed by atoms with Crippen LogP contribution in [0.2, 0.25) is 0 Å². The Morgan fingerprint density at radius 2 is 1.78 bits per heavy atom. The van der Waals surface area contributed by atoms with Crippen molar-refractivity contribution in [3.8, 4) is 5.69 Å². The molecule has 0 aliphatic rings. The third-order valence-electron chi connectivity index (χ3n) is 4.01. The van der Waals surface area contributed by atoms with Gasteiger partial charge in [-0.05, 0) is 51.1 Å². The van der Waals surface area contributed by atoms with Crippen molar-refractivity contribution in [1.82, 2.24) is 9.47 Å². The van der Waals surface area contributed by atoms with Gasteiger partial charge < -0.3 is 14.6 Å². The molecule has 23 heavy (non-hydrogen) atoms. The Labute approximate surface area is 134 Å². The summed E-state index contributed by atoms with van der Waals surface area (Å²) in [6.07, 6.45) is 0. The van der Waals surface area contributed by atoms with Crippen molar-refractivity contribution in [3.63, 3.8) is 0 Å². The number of amides is 1. The Morgan fingerprint density at radius 3 is 2.30 bits per heavy atom. The van der Waals surface area contributed by atoms with E-state index in [0.29, 0.717) is 11.3 Å². The molecule has 1 aromatic heterocycles. The van der Waals surface area contributed by atoms with Crippen molar-refractivity contribution in [3.05, 3.63) is 53.1 Å². The average molecular weight is 318 g/mol. The van der Waals surface area contributed by atoms with Crippen LogP contribution in [0, 0.1) is 19.7 Å². The quantitative estimate of drug-likeness (QED) is 0.943. The molecule has 1 amide bonds. The normalized spacial score (nSPS) is 12.0. The van der Waals surface area contributed by atoms with Gasteiger partial charge in [0.1, 0.15) is 11.9 Å². The number of rotatable bonds is 4. The summed E-state index contributed by atoms with van der Waals surface area (Å²) in [6.45, 7) is 5.08. The number of nitrogens with zero attached hydrogens (tertiary/aromatic N) is 2. The number of aromatic nitrogens is 1. The van der Waals surface area contributed by atoms with Crippen LogP contribution in [0.25, 0.3) is 5.69 Å². The molecule has 1 N–H and O–H groups in total. The molecule has 0 aliphatic carbocycles. The number of hydrogen-bond donors (Lipinski definition) is 1. The van der Waals surface area contributed by atoms with Crippen LogP contribution in [0.5, 0.6) is 0 Å². The number of benzene rings is 1. The molecule has 0 spiro atoms. The minimum Gasteiger partial charge on any atom is -0.480 e. The van der Waals surface area contributed by atoms with Gasteiger partial charge in [-0.25, -0.2) is 9.18 Å². The maximum atomic E-state index is 13.1. The molecule has 0 aliphatic heterocycles. The van der Waals surface area contributed by atoms with Gasteiger partial charge >= 0.3 is 5.97 Å². The molecule has 1 unspecified atom stereocenters. The summed E-state index contributed by atoms with van der Waals surface area (Å²) in [5.74, 6) is -1.75. The highest BCUT2D eigenvalue weighted by Crippen LogP contribution is 2.22. The first-order valence-electron chi connectivity index (χ1n) is 7.19. The number of aliphatic carboxylic acids is 1. The van der Waals surface area contributed by atoms with Gasteiger partial charge in [-0.1, -0.05) is 0 Å². The maximum Gasteiger partial charge on any atom is 0.326 e. The minimum absolute atomic E-state index is 0.331. The zero-order valence-corrected chi connectivity index (χ0v) is 13.5. The van der Waals surface area contributed by atoms with Gasteiger partial charge in [-0.2, -0.15) is 0 Å². The van der Waals surface area contributed by atoms with E-state index in [9.17, 15) is 14.0 Å². The summed E-state index contributed by atoms with van der Waals surface area (Å²) in [5.41, 5.74) is 2.68. The van der Waals surface area contributed by atoms with Crippen LogP contribution < -0.4 is 0 Å². The number of carboxylic acids is 1. The number of hydrogen-bond acceptors (Lipinski definition) is 2. The van der Waals surface area contributed by atoms with Crippen LogP contribution in [0.3, 0.4) is 0 Å². The number of likely N-dealkylation sites (N-methyl/N-ethyl adjacent to an activating group) is 1. The summed E-state index contributed by atoms with van der Waals surface area (Å²) in [5, 5.41) is 9.05. The third kappa shape index (κ3) is 3.11. The standard InChI is InChI=1S/C17H19FN2O3/c1-10-9-15(16(21)19(4)12(3)17(22)23)11(2)20(10)14-7-5-13(18)6-8-14/h5-9,12H,1-4H3,(H,22,23). The van der Waals surface area contributed by atoms with Crippen LogP contribution in [0.4, 0.5) is 4.39 Å². The van der Waals surface area contributed by atoms with Crippen molar-refractivity contribution in [2.45, 2.75) is 26.8 Å². The lowest BCUT2D eigenvalue weighted by Gasteiger charge is -2.21. The lowest BCUT2D eigenvalue weighted by molar-refractivity contribution is -0.141. The van der Waals surface area contributed by atoms with Gasteiger partial charge in [-0.15, -0.1) is 0 Å². The van der Waals surface area contributed by atoms with Gasteiger partial charge in [0, 0.05) is 24.1 Å². The molecule has 0 bridgehead atoms. The molecule has 1 aromatic carbocycles. The second kappa shape index (κ2) is 6.24. The Bertz CT molecular complexity index is 750. The molecule has 1 atom stereocenters. The Kier molecular flexibility index (Phi) is 4.54. The molecule has 6 heteroatoms. The topological polar surface area (TPSA) is 62.5 Å². The number of aryl methyl sites for hydroxylation is 1. The van der Waals surface area contributed by atoms with E-state index in [4.69, 9.17) is 5.11 Å². The second-order valence-corrected chi connectivity index (χ2v) is 5.53. The van der Waals surface area contributed by atoms with E-state index in [0.717, 1.165) is 11.4 Å². The molecule has 5 nitrogen and oxygen atoms in total. The highest BCUT2D eigenvalue weighted by molar-refractivity contribution is 5.97. The highest BCUT2D eigenvalue weighted by Gasteiger charge is 2.26. The third-order valence-corrected chi connectivity index (χ3v) is 4.01. The fraction of sp³-hybridized carbons (Fsp3) is 0.294. The highest BCUT2D eigenvalue weighted by atomic mass is 19.1. The van der Waals surface area contributed by atoms with E-state index in [-0.39, 0.29) is 11.7 Å². The number of carbonyl (C=O) groups excluding carboxylic acids is 1. The fourth-order valence-corrected chi connectivity index (χ4v) is 2.50. The van der Waals surface area contributed by atoms with Gasteiger partial charge in [-0.3, -0.25) is 4.79 Å². The molecule has 2 aromatic rings. The van der Waals surface area contributed by atoms with E-state index in [1.807, 2.05) is 11.5 Å². The van der Waals surface area contributed by atoms with Crippen molar-refractivity contribution >= 4 is 11.9 Å². The van der Waals surface area contributed by atoms with Crippen molar-refractivity contribution < 1.29 is 19.1 Å². The first-order chi connectivity index (χ1) is 10.7. The zero-order chi connectivity index (χ0) is 17.3. The van der Waals surface area contributed by atoms with E-state index in [2.05, 4.69) is 0 Å². The minimum atomic E-state index is -1.06. The molecule has 0 fully saturated rings. The Balaban J connectivity index is 2.43. The summed E-state index contributed by atoms with van der Waals surface area (Å²) >= 11 is 0. The van der Waals surface area contributed by atoms with Gasteiger partial charge in [0.15, 0.2) is 0 Å². The molecule has 122 valence electrons. The molecule has 1 heterocycles. The largest absolute Gasteiger partial charge is 0.480 e. The van der Waals surface area contributed by atoms with Crippen LogP contribution in [0.15, 0.2) is 30.3 Å².